The van der Waals surface area contributed by atoms with Crippen LogP contribution in [0.4, 0.5) is 0 Å². The fourth-order valence-corrected chi connectivity index (χ4v) is 1.92. The Kier molecular flexibility index (Phi) is 2.70. The lowest BCUT2D eigenvalue weighted by Gasteiger charge is -2.14. The van der Waals surface area contributed by atoms with Crippen LogP contribution < -0.4 is 15.8 Å². The first-order chi connectivity index (χ1) is 6.81. The average molecular weight is 192 g/mol. The van der Waals surface area contributed by atoms with E-state index in [0.29, 0.717) is 5.92 Å². The van der Waals surface area contributed by atoms with Crippen molar-refractivity contribution in [1.82, 2.24) is 5.32 Å². The highest BCUT2D eigenvalue weighted by molar-refractivity contribution is 5.31. The van der Waals surface area contributed by atoms with E-state index in [9.17, 15) is 0 Å². The normalized spacial score (nSPS) is 26.4. The van der Waals surface area contributed by atoms with E-state index in [4.69, 9.17) is 10.5 Å². The maximum Gasteiger partial charge on any atom is 0.118 e. The molecule has 0 aromatic heterocycles. The Morgan fingerprint density at radius 2 is 2.00 bits per heavy atom. The molecule has 0 unspecified atom stereocenters. The number of benzene rings is 1. The number of nitrogens with two attached hydrogens (primary N) is 1. The van der Waals surface area contributed by atoms with Gasteiger partial charge in [-0.1, -0.05) is 12.1 Å². The predicted molar refractivity (Wildman–Crippen MR) is 56.6 cm³/mol. The first-order valence-corrected chi connectivity index (χ1v) is 4.91. The van der Waals surface area contributed by atoms with Crippen molar-refractivity contribution in [3.05, 3.63) is 29.8 Å². The summed E-state index contributed by atoms with van der Waals surface area (Å²) in [5, 5.41) is 3.29. The summed E-state index contributed by atoms with van der Waals surface area (Å²) in [4.78, 5) is 0. The number of hydrogen-bond acceptors (Lipinski definition) is 3. The van der Waals surface area contributed by atoms with Crippen molar-refractivity contribution >= 4 is 0 Å². The lowest BCUT2D eigenvalue weighted by Crippen LogP contribution is -2.27. The summed E-state index contributed by atoms with van der Waals surface area (Å²) in [6.07, 6.45) is 0. The van der Waals surface area contributed by atoms with E-state index in [1.165, 1.54) is 5.56 Å². The molecule has 1 aromatic carbocycles. The van der Waals surface area contributed by atoms with Crippen LogP contribution in [0.1, 0.15) is 11.5 Å². The minimum absolute atomic E-state index is 0.239. The Morgan fingerprint density at radius 3 is 2.50 bits per heavy atom. The molecule has 0 saturated carbocycles. The monoisotopic (exact) mass is 192 g/mol. The molecule has 0 spiro atoms. The second-order valence-corrected chi connectivity index (χ2v) is 3.70. The third kappa shape index (κ3) is 1.74. The zero-order chi connectivity index (χ0) is 9.97. The summed E-state index contributed by atoms with van der Waals surface area (Å²) in [6.45, 7) is 1.89. The van der Waals surface area contributed by atoms with Gasteiger partial charge in [-0.3, -0.25) is 0 Å². The first kappa shape index (κ1) is 9.49. The van der Waals surface area contributed by atoms with E-state index < -0.39 is 0 Å². The van der Waals surface area contributed by atoms with Crippen molar-refractivity contribution in [3.63, 3.8) is 0 Å². The number of hydrogen-bond donors (Lipinski definition) is 2. The molecular weight excluding hydrogens is 176 g/mol. The largest absolute Gasteiger partial charge is 0.497 e. The van der Waals surface area contributed by atoms with Gasteiger partial charge >= 0.3 is 0 Å². The lowest BCUT2D eigenvalue weighted by molar-refractivity contribution is 0.414. The first-order valence-electron chi connectivity index (χ1n) is 4.91. The Morgan fingerprint density at radius 1 is 1.29 bits per heavy atom. The molecule has 1 saturated heterocycles. The van der Waals surface area contributed by atoms with E-state index in [-0.39, 0.29) is 6.04 Å². The number of methoxy groups -OCH3 is 1. The minimum atomic E-state index is 0.239. The highest BCUT2D eigenvalue weighted by atomic mass is 16.5. The number of nitrogens with one attached hydrogen (secondary N) is 1. The average Bonchev–Trinajstić information content (AvgIpc) is 2.65. The minimum Gasteiger partial charge on any atom is -0.497 e. The molecule has 2 rings (SSSR count). The van der Waals surface area contributed by atoms with Gasteiger partial charge in [-0.15, -0.1) is 0 Å². The number of rotatable bonds is 2. The quantitative estimate of drug-likeness (QED) is 0.725. The van der Waals surface area contributed by atoms with Crippen LogP contribution in [0, 0.1) is 0 Å². The van der Waals surface area contributed by atoms with Crippen molar-refractivity contribution < 1.29 is 4.74 Å². The second-order valence-electron chi connectivity index (χ2n) is 3.70. The van der Waals surface area contributed by atoms with Crippen LogP contribution in [0.15, 0.2) is 24.3 Å². The molecular formula is C11H16N2O. The third-order valence-corrected chi connectivity index (χ3v) is 2.81. The van der Waals surface area contributed by atoms with Crippen molar-refractivity contribution in [2.24, 2.45) is 5.73 Å². The van der Waals surface area contributed by atoms with Gasteiger partial charge in [0.1, 0.15) is 5.75 Å². The van der Waals surface area contributed by atoms with Crippen LogP contribution in [0.25, 0.3) is 0 Å². The topological polar surface area (TPSA) is 47.3 Å². The standard InChI is InChI=1S/C11H16N2O/c1-14-9-4-2-8(3-5-9)10-6-13-7-11(10)12/h2-5,10-11,13H,6-7,12H2,1H3/t10-,11+/m0/s1. The van der Waals surface area contributed by atoms with Crippen LogP contribution in [0.2, 0.25) is 0 Å². The molecule has 0 radical (unpaired) electrons. The summed E-state index contributed by atoms with van der Waals surface area (Å²) in [7, 11) is 1.68. The van der Waals surface area contributed by atoms with Gasteiger partial charge in [0.2, 0.25) is 0 Å². The van der Waals surface area contributed by atoms with Crippen LogP contribution in [-0.2, 0) is 0 Å². The Balaban J connectivity index is 2.16. The molecule has 3 nitrogen and oxygen atoms in total. The van der Waals surface area contributed by atoms with Crippen LogP contribution >= 0.6 is 0 Å². The molecule has 3 N–H and O–H groups in total. The van der Waals surface area contributed by atoms with Gasteiger partial charge in [-0.05, 0) is 17.7 Å². The summed E-state index contributed by atoms with van der Waals surface area (Å²) >= 11 is 0. The van der Waals surface area contributed by atoms with E-state index in [2.05, 4.69) is 17.4 Å². The van der Waals surface area contributed by atoms with E-state index in [1.807, 2.05) is 12.1 Å². The Hall–Kier alpha value is -1.06. The zero-order valence-corrected chi connectivity index (χ0v) is 8.36. The molecule has 3 heteroatoms. The van der Waals surface area contributed by atoms with Crippen molar-refractivity contribution in [3.8, 4) is 5.75 Å². The molecule has 0 aliphatic carbocycles. The van der Waals surface area contributed by atoms with E-state index in [0.717, 1.165) is 18.8 Å². The lowest BCUT2D eigenvalue weighted by atomic mass is 9.95. The van der Waals surface area contributed by atoms with Gasteiger partial charge in [0, 0.05) is 25.0 Å². The molecule has 0 bridgehead atoms. The second kappa shape index (κ2) is 3.98. The molecule has 14 heavy (non-hydrogen) atoms. The van der Waals surface area contributed by atoms with Gasteiger partial charge in [0.15, 0.2) is 0 Å². The van der Waals surface area contributed by atoms with Gasteiger partial charge in [0.25, 0.3) is 0 Å². The molecule has 1 heterocycles. The molecule has 1 aliphatic heterocycles. The molecule has 1 aromatic rings. The zero-order valence-electron chi connectivity index (χ0n) is 8.36. The fraction of sp³-hybridized carbons (Fsp3) is 0.455. The van der Waals surface area contributed by atoms with Crippen LogP contribution in [0.5, 0.6) is 5.75 Å². The summed E-state index contributed by atoms with van der Waals surface area (Å²) in [6, 6.07) is 8.40. The smallest absolute Gasteiger partial charge is 0.118 e. The molecule has 2 atom stereocenters. The number of ether oxygens (including phenoxy) is 1. The van der Waals surface area contributed by atoms with Gasteiger partial charge in [-0.25, -0.2) is 0 Å². The fourth-order valence-electron chi connectivity index (χ4n) is 1.92. The molecule has 1 fully saturated rings. The van der Waals surface area contributed by atoms with E-state index >= 15 is 0 Å². The van der Waals surface area contributed by atoms with Gasteiger partial charge in [-0.2, -0.15) is 0 Å². The summed E-state index contributed by atoms with van der Waals surface area (Å²) in [5.74, 6) is 1.34. The highest BCUT2D eigenvalue weighted by Gasteiger charge is 2.24. The van der Waals surface area contributed by atoms with Crippen LogP contribution in [0.3, 0.4) is 0 Å². The Bertz CT molecular complexity index is 297. The third-order valence-electron chi connectivity index (χ3n) is 2.81. The Labute approximate surface area is 84.3 Å². The van der Waals surface area contributed by atoms with Crippen molar-refractivity contribution in [2.45, 2.75) is 12.0 Å². The predicted octanol–water partition coefficient (Wildman–Crippen LogP) is 0.709. The van der Waals surface area contributed by atoms with Gasteiger partial charge in [0.05, 0.1) is 7.11 Å². The highest BCUT2D eigenvalue weighted by Crippen LogP contribution is 2.23. The summed E-state index contributed by atoms with van der Waals surface area (Å²) in [5.41, 5.74) is 7.28. The summed E-state index contributed by atoms with van der Waals surface area (Å²) < 4.78 is 5.11. The van der Waals surface area contributed by atoms with Gasteiger partial charge < -0.3 is 15.8 Å². The van der Waals surface area contributed by atoms with Crippen LogP contribution in [-0.4, -0.2) is 26.2 Å². The molecule has 0 amide bonds. The molecule has 1 aliphatic rings. The maximum absolute atomic E-state index is 5.99. The molecule has 76 valence electrons. The van der Waals surface area contributed by atoms with E-state index in [1.54, 1.807) is 7.11 Å². The SMILES string of the molecule is COc1ccc([C@@H]2CNC[C@H]2N)cc1. The maximum atomic E-state index is 5.99. The van der Waals surface area contributed by atoms with Crippen molar-refractivity contribution in [2.75, 3.05) is 20.2 Å². The van der Waals surface area contributed by atoms with Crippen molar-refractivity contribution in [1.29, 1.82) is 0 Å².